The van der Waals surface area contributed by atoms with Crippen molar-refractivity contribution in [2.75, 3.05) is 71.0 Å². The second-order valence-corrected chi connectivity index (χ2v) is 21.4. The number of H-pyrrole nitrogens is 1. The highest BCUT2D eigenvalue weighted by Gasteiger charge is 2.23. The van der Waals surface area contributed by atoms with Crippen LogP contribution >= 0.6 is 31.9 Å². The van der Waals surface area contributed by atoms with Gasteiger partial charge in [-0.15, -0.1) is 0 Å². The van der Waals surface area contributed by atoms with E-state index in [0.717, 1.165) is 88.8 Å². The second-order valence-electron chi connectivity index (χ2n) is 14.1. The van der Waals surface area contributed by atoms with Gasteiger partial charge in [0.25, 0.3) is 0 Å². The molecule has 4 heterocycles. The smallest absolute Gasteiger partial charge is 0.144 e. The fourth-order valence-electron chi connectivity index (χ4n) is 6.33. The van der Waals surface area contributed by atoms with Crippen molar-refractivity contribution in [3.8, 4) is 33.8 Å². The molecule has 6 aromatic rings. The van der Waals surface area contributed by atoms with Crippen LogP contribution in [-0.2, 0) is 11.5 Å². The molecular formula is C40H50Br2N6O5Si. The third-order valence-electron chi connectivity index (χ3n) is 9.10. The molecule has 0 aliphatic heterocycles. The Morgan fingerprint density at radius 3 is 1.85 bits per heavy atom. The molecule has 6 rings (SSSR count). The van der Waals surface area contributed by atoms with Gasteiger partial charge in [0.2, 0.25) is 0 Å². The van der Waals surface area contributed by atoms with E-state index in [2.05, 4.69) is 78.3 Å². The number of likely N-dealkylation sites (N-methyl/N-ethyl adjacent to an activating group) is 2. The predicted molar refractivity (Wildman–Crippen MR) is 230 cm³/mol. The van der Waals surface area contributed by atoms with Crippen molar-refractivity contribution in [3.63, 3.8) is 0 Å². The van der Waals surface area contributed by atoms with Crippen LogP contribution in [0, 0.1) is 0 Å². The molecule has 0 bridgehead atoms. The average molecular weight is 883 g/mol. The summed E-state index contributed by atoms with van der Waals surface area (Å²) in [6.45, 7) is 9.44. The van der Waals surface area contributed by atoms with E-state index in [1.54, 1.807) is 20.4 Å². The van der Waals surface area contributed by atoms with Crippen LogP contribution in [0.4, 0.5) is 11.4 Å². The Balaban J connectivity index is 0.000000217. The number of aromatic nitrogens is 4. The molecule has 0 aliphatic rings. The molecule has 0 saturated heterocycles. The average Bonchev–Trinajstić information content (AvgIpc) is 3.75. The van der Waals surface area contributed by atoms with Crippen molar-refractivity contribution >= 4 is 73.4 Å². The molecule has 0 radical (unpaired) electrons. The molecule has 14 heteroatoms. The third kappa shape index (κ3) is 9.29. The van der Waals surface area contributed by atoms with Crippen molar-refractivity contribution in [1.82, 2.24) is 19.5 Å². The van der Waals surface area contributed by atoms with Gasteiger partial charge in [0, 0.05) is 88.9 Å². The standard InChI is InChI=1S/C23H32BrN3O3Si.C17H18BrN3O2/c1-26(10-11-28)22-19(24)14-25-23-21(22)18(17-8-6-7-9-20(17)29-2)15-27(23)16-30-12-13-31(3,4)5;1-21(7-8-22)16-13(18)10-20-17-15(16)12(9-19-17)11-5-3-4-6-14(11)23-2/h6-9,14-15,28H,10-13,16H2,1-5H3;3-6,9-10,22H,7-8H2,1-2H3,(H,19,20). The Morgan fingerprint density at radius 1 is 0.759 bits per heavy atom. The van der Waals surface area contributed by atoms with Gasteiger partial charge in [0.15, 0.2) is 0 Å². The van der Waals surface area contributed by atoms with Gasteiger partial charge in [-0.25, -0.2) is 9.97 Å². The Hall–Kier alpha value is -3.92. The van der Waals surface area contributed by atoms with Crippen LogP contribution < -0.4 is 19.3 Å². The summed E-state index contributed by atoms with van der Waals surface area (Å²) in [5.41, 5.74) is 7.66. The minimum Gasteiger partial charge on any atom is -0.496 e. The number of halogens is 2. The lowest BCUT2D eigenvalue weighted by Gasteiger charge is -2.21. The summed E-state index contributed by atoms with van der Waals surface area (Å²) >= 11 is 7.26. The maximum atomic E-state index is 9.53. The molecule has 0 saturated carbocycles. The zero-order chi connectivity index (χ0) is 39.0. The van der Waals surface area contributed by atoms with E-state index < -0.39 is 8.07 Å². The first-order valence-corrected chi connectivity index (χ1v) is 23.0. The third-order valence-corrected chi connectivity index (χ3v) is 12.0. The number of nitrogens with zero attached hydrogens (tertiary/aromatic N) is 5. The number of ether oxygens (including phenoxy) is 3. The molecule has 2 aromatic carbocycles. The minimum atomic E-state index is -1.15. The number of hydrogen-bond acceptors (Lipinski definition) is 9. The minimum absolute atomic E-state index is 0.0667. The fraction of sp³-hybridized carbons (Fsp3) is 0.350. The van der Waals surface area contributed by atoms with Gasteiger partial charge in [-0.3, -0.25) is 0 Å². The number of para-hydroxylation sites is 2. The molecule has 0 aliphatic carbocycles. The number of rotatable bonds is 15. The molecule has 11 nitrogen and oxygen atoms in total. The molecule has 0 unspecified atom stereocenters. The van der Waals surface area contributed by atoms with E-state index in [9.17, 15) is 10.2 Å². The lowest BCUT2D eigenvalue weighted by Crippen LogP contribution is -2.22. The first kappa shape index (κ1) is 41.2. The molecular weight excluding hydrogens is 832 g/mol. The molecule has 3 N–H and O–H groups in total. The van der Waals surface area contributed by atoms with Gasteiger partial charge in [0.1, 0.15) is 29.5 Å². The highest BCUT2D eigenvalue weighted by molar-refractivity contribution is 9.11. The highest BCUT2D eigenvalue weighted by Crippen LogP contribution is 2.44. The molecule has 0 atom stereocenters. The lowest BCUT2D eigenvalue weighted by molar-refractivity contribution is 0.0899. The number of aliphatic hydroxyl groups excluding tert-OH is 2. The van der Waals surface area contributed by atoms with Crippen LogP contribution in [-0.4, -0.2) is 99.0 Å². The van der Waals surface area contributed by atoms with Crippen LogP contribution in [0.25, 0.3) is 44.3 Å². The summed E-state index contributed by atoms with van der Waals surface area (Å²) in [4.78, 5) is 16.5. The SMILES string of the molecule is COc1ccccc1-c1c[nH]c2ncc(Br)c(N(C)CCO)c12.COc1ccccc1-c1cn(COCC[Si](C)(C)C)c2ncc(Br)c(N(C)CCO)c12. The second kappa shape index (κ2) is 18.6. The first-order chi connectivity index (χ1) is 25.9. The van der Waals surface area contributed by atoms with E-state index in [-0.39, 0.29) is 13.2 Å². The number of aromatic amines is 1. The summed E-state index contributed by atoms with van der Waals surface area (Å²) in [7, 11) is 6.13. The van der Waals surface area contributed by atoms with Gasteiger partial charge in [-0.2, -0.15) is 0 Å². The monoisotopic (exact) mass is 880 g/mol. The van der Waals surface area contributed by atoms with Crippen molar-refractivity contribution in [2.24, 2.45) is 0 Å². The number of benzene rings is 2. The summed E-state index contributed by atoms with van der Waals surface area (Å²) in [5.74, 6) is 1.61. The molecule has 288 valence electrons. The van der Waals surface area contributed by atoms with Crippen LogP contribution in [0.1, 0.15) is 0 Å². The van der Waals surface area contributed by atoms with E-state index in [1.165, 1.54) is 0 Å². The van der Waals surface area contributed by atoms with E-state index >= 15 is 0 Å². The topological polar surface area (TPSA) is 121 Å². The number of fused-ring (bicyclic) bond motifs is 2. The Morgan fingerprint density at radius 2 is 1.30 bits per heavy atom. The molecule has 54 heavy (non-hydrogen) atoms. The first-order valence-electron chi connectivity index (χ1n) is 17.7. The van der Waals surface area contributed by atoms with Crippen molar-refractivity contribution in [3.05, 3.63) is 82.3 Å². The predicted octanol–water partition coefficient (Wildman–Crippen LogP) is 8.64. The maximum Gasteiger partial charge on any atom is 0.144 e. The quantitative estimate of drug-likeness (QED) is 0.0688. The molecule has 0 fully saturated rings. The van der Waals surface area contributed by atoms with Crippen molar-refractivity contribution < 1.29 is 24.4 Å². The molecule has 4 aromatic heterocycles. The van der Waals surface area contributed by atoms with Gasteiger partial charge < -0.3 is 43.8 Å². The Bertz CT molecular complexity index is 2170. The summed E-state index contributed by atoms with van der Waals surface area (Å²) in [6.07, 6.45) is 7.62. The highest BCUT2D eigenvalue weighted by atomic mass is 79.9. The largest absolute Gasteiger partial charge is 0.496 e. The number of pyridine rings is 2. The number of aliphatic hydroxyl groups is 2. The van der Waals surface area contributed by atoms with Crippen molar-refractivity contribution in [2.45, 2.75) is 32.4 Å². The van der Waals surface area contributed by atoms with Gasteiger partial charge in [-0.1, -0.05) is 56.0 Å². The van der Waals surface area contributed by atoms with Gasteiger partial charge in [-0.05, 0) is 50.0 Å². The van der Waals surface area contributed by atoms with E-state index in [4.69, 9.17) is 19.2 Å². The van der Waals surface area contributed by atoms with Crippen molar-refractivity contribution in [1.29, 1.82) is 0 Å². The molecule has 0 spiro atoms. The van der Waals surface area contributed by atoms with E-state index in [0.29, 0.717) is 19.8 Å². The maximum absolute atomic E-state index is 9.53. The summed E-state index contributed by atoms with van der Waals surface area (Å²) in [6, 6.07) is 17.0. The Kier molecular flexibility index (Phi) is 14.2. The zero-order valence-electron chi connectivity index (χ0n) is 32.0. The lowest BCUT2D eigenvalue weighted by atomic mass is 10.0. The van der Waals surface area contributed by atoms with Crippen LogP contribution in [0.5, 0.6) is 11.5 Å². The van der Waals surface area contributed by atoms with E-state index in [1.807, 2.05) is 78.8 Å². The number of methoxy groups -OCH3 is 2. The van der Waals surface area contributed by atoms with Crippen LogP contribution in [0.3, 0.4) is 0 Å². The fourth-order valence-corrected chi connectivity index (χ4v) is 8.30. The van der Waals surface area contributed by atoms with Crippen LogP contribution in [0.15, 0.2) is 82.3 Å². The van der Waals surface area contributed by atoms with Crippen LogP contribution in [0.2, 0.25) is 25.7 Å². The number of anilines is 2. The summed E-state index contributed by atoms with van der Waals surface area (Å²) in [5, 5.41) is 20.8. The molecule has 0 amide bonds. The number of hydrogen-bond donors (Lipinski definition) is 3. The van der Waals surface area contributed by atoms with Gasteiger partial charge >= 0.3 is 0 Å². The zero-order valence-corrected chi connectivity index (χ0v) is 36.2. The summed E-state index contributed by atoms with van der Waals surface area (Å²) < 4.78 is 21.0. The van der Waals surface area contributed by atoms with Gasteiger partial charge in [0.05, 0.1) is 58.5 Å². The number of nitrogens with one attached hydrogen (secondary N) is 1. The Labute approximate surface area is 335 Å². The normalized spacial score (nSPS) is 11.5.